The Balaban J connectivity index is 1.90. The summed E-state index contributed by atoms with van der Waals surface area (Å²) in [5.41, 5.74) is 0. The molecule has 0 radical (unpaired) electrons. The van der Waals surface area contributed by atoms with Gasteiger partial charge in [0.1, 0.15) is 6.61 Å². The second kappa shape index (κ2) is 7.62. The highest BCUT2D eigenvalue weighted by Gasteiger charge is 2.20. The minimum absolute atomic E-state index is 0.0398. The minimum atomic E-state index is -0.0398. The Morgan fingerprint density at radius 1 is 1.25 bits per heavy atom. The second-order valence-electron chi connectivity index (χ2n) is 4.64. The average molecular weight is 277 g/mol. The molecule has 20 heavy (non-hydrogen) atoms. The molecule has 0 aliphatic carbocycles. The Kier molecular flexibility index (Phi) is 5.53. The van der Waals surface area contributed by atoms with Crippen molar-refractivity contribution in [2.24, 2.45) is 4.99 Å². The molecule has 1 aliphatic heterocycles. The fraction of sp³-hybridized carbons (Fsp3) is 0.533. The third-order valence-electron chi connectivity index (χ3n) is 2.91. The topological polar surface area (TPSA) is 54.9 Å². The van der Waals surface area contributed by atoms with Crippen LogP contribution in [0.4, 0.5) is 0 Å². The van der Waals surface area contributed by atoms with E-state index in [-0.39, 0.29) is 6.10 Å². The van der Waals surface area contributed by atoms with Crippen molar-refractivity contribution >= 4 is 5.96 Å². The molecule has 1 aliphatic rings. The van der Waals surface area contributed by atoms with E-state index in [0.29, 0.717) is 13.2 Å². The Hall–Kier alpha value is -1.91. The summed E-state index contributed by atoms with van der Waals surface area (Å²) >= 11 is 0. The molecule has 0 spiro atoms. The van der Waals surface area contributed by atoms with E-state index in [1.165, 1.54) is 0 Å². The number of para-hydroxylation sites is 2. The van der Waals surface area contributed by atoms with E-state index < -0.39 is 0 Å². The number of guanidine groups is 1. The summed E-state index contributed by atoms with van der Waals surface area (Å²) in [5.74, 6) is 2.44. The molecule has 0 amide bonds. The molecular weight excluding hydrogens is 254 g/mol. The molecule has 110 valence electrons. The van der Waals surface area contributed by atoms with Gasteiger partial charge in [-0.1, -0.05) is 19.1 Å². The maximum Gasteiger partial charge on any atom is 0.191 e. The van der Waals surface area contributed by atoms with Crippen molar-refractivity contribution in [3.8, 4) is 11.5 Å². The van der Waals surface area contributed by atoms with Crippen molar-refractivity contribution in [3.05, 3.63) is 24.3 Å². The van der Waals surface area contributed by atoms with Gasteiger partial charge in [0, 0.05) is 13.1 Å². The lowest BCUT2D eigenvalue weighted by Gasteiger charge is -2.25. The quantitative estimate of drug-likeness (QED) is 0.636. The maximum atomic E-state index is 5.88. The number of ether oxygens (including phenoxy) is 2. The molecule has 1 aromatic rings. The maximum absolute atomic E-state index is 5.88. The van der Waals surface area contributed by atoms with Gasteiger partial charge in [-0.25, -0.2) is 4.99 Å². The Morgan fingerprint density at radius 3 is 2.80 bits per heavy atom. The van der Waals surface area contributed by atoms with Crippen molar-refractivity contribution in [1.29, 1.82) is 0 Å². The van der Waals surface area contributed by atoms with E-state index in [0.717, 1.165) is 37.0 Å². The summed E-state index contributed by atoms with van der Waals surface area (Å²) in [7, 11) is 0. The van der Waals surface area contributed by atoms with Gasteiger partial charge in [-0.15, -0.1) is 0 Å². The highest BCUT2D eigenvalue weighted by molar-refractivity contribution is 5.79. The number of aliphatic imine (C=N–C) groups is 1. The van der Waals surface area contributed by atoms with Gasteiger partial charge in [0.25, 0.3) is 0 Å². The molecule has 5 heteroatoms. The number of fused-ring (bicyclic) bond motifs is 1. The van der Waals surface area contributed by atoms with Crippen LogP contribution in [0, 0.1) is 0 Å². The summed E-state index contributed by atoms with van der Waals surface area (Å²) in [4.78, 5) is 4.54. The number of nitrogens with zero attached hydrogens (tertiary/aromatic N) is 1. The largest absolute Gasteiger partial charge is 0.486 e. The third kappa shape index (κ3) is 4.05. The summed E-state index contributed by atoms with van der Waals surface area (Å²) < 4.78 is 11.6. The van der Waals surface area contributed by atoms with Crippen LogP contribution in [0.1, 0.15) is 20.3 Å². The fourth-order valence-corrected chi connectivity index (χ4v) is 1.93. The molecule has 0 bridgehead atoms. The number of nitrogens with one attached hydrogen (secondary N) is 2. The highest BCUT2D eigenvalue weighted by Crippen LogP contribution is 2.30. The lowest BCUT2D eigenvalue weighted by Crippen LogP contribution is -2.39. The van der Waals surface area contributed by atoms with Gasteiger partial charge < -0.3 is 20.1 Å². The van der Waals surface area contributed by atoms with Crippen LogP contribution in [0.5, 0.6) is 11.5 Å². The molecule has 2 N–H and O–H groups in total. The van der Waals surface area contributed by atoms with Crippen molar-refractivity contribution < 1.29 is 9.47 Å². The minimum Gasteiger partial charge on any atom is -0.486 e. The first-order chi connectivity index (χ1) is 9.83. The van der Waals surface area contributed by atoms with Crippen LogP contribution in [0.3, 0.4) is 0 Å². The molecule has 0 saturated heterocycles. The number of hydrogen-bond donors (Lipinski definition) is 2. The van der Waals surface area contributed by atoms with Crippen LogP contribution in [0.25, 0.3) is 0 Å². The van der Waals surface area contributed by atoms with Gasteiger partial charge in [-0.05, 0) is 25.5 Å². The second-order valence-corrected chi connectivity index (χ2v) is 4.64. The Labute approximate surface area is 120 Å². The van der Waals surface area contributed by atoms with Crippen molar-refractivity contribution in [2.75, 3.05) is 26.2 Å². The lowest BCUT2D eigenvalue weighted by molar-refractivity contribution is 0.0971. The molecule has 0 saturated carbocycles. The monoisotopic (exact) mass is 277 g/mol. The van der Waals surface area contributed by atoms with Crippen LogP contribution in [-0.4, -0.2) is 38.3 Å². The highest BCUT2D eigenvalue weighted by atomic mass is 16.6. The van der Waals surface area contributed by atoms with Crippen LogP contribution < -0.4 is 20.1 Å². The van der Waals surface area contributed by atoms with E-state index >= 15 is 0 Å². The molecule has 1 heterocycles. The predicted octanol–water partition coefficient (Wildman–Crippen LogP) is 1.79. The molecule has 0 aromatic heterocycles. The van der Waals surface area contributed by atoms with Crippen molar-refractivity contribution in [2.45, 2.75) is 26.4 Å². The Morgan fingerprint density at radius 2 is 2.05 bits per heavy atom. The number of benzene rings is 1. The number of hydrogen-bond acceptors (Lipinski definition) is 3. The molecule has 2 rings (SSSR count). The normalized spacial score (nSPS) is 17.7. The van der Waals surface area contributed by atoms with E-state index in [1.807, 2.05) is 24.3 Å². The van der Waals surface area contributed by atoms with Gasteiger partial charge in [0.05, 0.1) is 6.54 Å². The van der Waals surface area contributed by atoms with E-state index in [4.69, 9.17) is 9.47 Å². The zero-order chi connectivity index (χ0) is 14.2. The van der Waals surface area contributed by atoms with Crippen LogP contribution >= 0.6 is 0 Å². The van der Waals surface area contributed by atoms with E-state index in [9.17, 15) is 0 Å². The summed E-state index contributed by atoms with van der Waals surface area (Å²) in [5, 5.41) is 6.49. The van der Waals surface area contributed by atoms with Crippen LogP contribution in [0.2, 0.25) is 0 Å². The zero-order valence-electron chi connectivity index (χ0n) is 12.2. The molecular formula is C15H23N3O2. The molecule has 1 atom stereocenters. The number of rotatable bonds is 5. The Bertz CT molecular complexity index is 448. The molecule has 5 nitrogen and oxygen atoms in total. The van der Waals surface area contributed by atoms with Gasteiger partial charge in [0.2, 0.25) is 0 Å². The summed E-state index contributed by atoms with van der Waals surface area (Å²) in [6.45, 7) is 7.06. The van der Waals surface area contributed by atoms with E-state index in [1.54, 1.807) is 0 Å². The van der Waals surface area contributed by atoms with Gasteiger partial charge in [-0.2, -0.15) is 0 Å². The zero-order valence-corrected chi connectivity index (χ0v) is 12.2. The third-order valence-corrected chi connectivity index (χ3v) is 2.91. The summed E-state index contributed by atoms with van der Waals surface area (Å²) in [6.07, 6.45) is 1.03. The van der Waals surface area contributed by atoms with Gasteiger partial charge in [0.15, 0.2) is 23.6 Å². The molecule has 0 fully saturated rings. The first-order valence-corrected chi connectivity index (χ1v) is 7.24. The lowest BCUT2D eigenvalue weighted by atomic mass is 10.2. The van der Waals surface area contributed by atoms with Crippen molar-refractivity contribution in [1.82, 2.24) is 10.6 Å². The summed E-state index contributed by atoms with van der Waals surface area (Å²) in [6, 6.07) is 7.73. The molecule has 1 unspecified atom stereocenters. The van der Waals surface area contributed by atoms with Gasteiger partial charge >= 0.3 is 0 Å². The van der Waals surface area contributed by atoms with Crippen molar-refractivity contribution in [3.63, 3.8) is 0 Å². The first-order valence-electron chi connectivity index (χ1n) is 7.24. The van der Waals surface area contributed by atoms with E-state index in [2.05, 4.69) is 29.5 Å². The average Bonchev–Trinajstić information content (AvgIpc) is 2.50. The SMILES string of the molecule is CCCNC(=NCC1COc2ccccc2O1)NCC. The first kappa shape index (κ1) is 14.5. The van der Waals surface area contributed by atoms with Crippen LogP contribution in [0.15, 0.2) is 29.3 Å². The molecule has 1 aromatic carbocycles. The smallest absolute Gasteiger partial charge is 0.191 e. The predicted molar refractivity (Wildman–Crippen MR) is 80.6 cm³/mol. The fourth-order valence-electron chi connectivity index (χ4n) is 1.93. The van der Waals surface area contributed by atoms with Crippen LogP contribution in [-0.2, 0) is 0 Å². The standard InChI is InChI=1S/C15H23N3O2/c1-3-9-17-15(16-4-2)18-10-12-11-19-13-7-5-6-8-14(13)20-12/h5-8,12H,3-4,9-11H2,1-2H3,(H2,16,17,18). The van der Waals surface area contributed by atoms with Gasteiger partial charge in [-0.3, -0.25) is 0 Å².